The Kier molecular flexibility index (Phi) is 6.50. The fraction of sp³-hybridized carbons (Fsp3) is 0.667. The lowest BCUT2D eigenvalue weighted by Gasteiger charge is -2.34. The van der Waals surface area contributed by atoms with Gasteiger partial charge in [0.05, 0.1) is 5.02 Å². The second-order valence-electron chi connectivity index (χ2n) is 6.42. The van der Waals surface area contributed by atoms with Gasteiger partial charge in [-0.25, -0.2) is 4.39 Å². The van der Waals surface area contributed by atoms with E-state index >= 15 is 0 Å². The van der Waals surface area contributed by atoms with Gasteiger partial charge in [-0.15, -0.1) is 0 Å². The van der Waals surface area contributed by atoms with Crippen molar-refractivity contribution in [2.24, 2.45) is 11.8 Å². The van der Waals surface area contributed by atoms with Crippen LogP contribution in [-0.2, 0) is 6.42 Å². The Hall–Kier alpha value is -0.600. The largest absolute Gasteiger partial charge is 0.316 e. The van der Waals surface area contributed by atoms with Crippen LogP contribution in [0.15, 0.2) is 18.2 Å². The summed E-state index contributed by atoms with van der Waals surface area (Å²) in [5, 5.41) is 3.65. The summed E-state index contributed by atoms with van der Waals surface area (Å²) in [6.45, 7) is 2.28. The maximum absolute atomic E-state index is 13.6. The predicted molar refractivity (Wildman–Crippen MR) is 88.3 cm³/mol. The van der Waals surface area contributed by atoms with Crippen molar-refractivity contribution in [1.29, 1.82) is 0 Å². The monoisotopic (exact) mass is 311 g/mol. The molecule has 1 aliphatic rings. The first-order valence-corrected chi connectivity index (χ1v) is 8.63. The second kappa shape index (κ2) is 8.14. The molecule has 1 atom stereocenters. The molecule has 21 heavy (non-hydrogen) atoms. The average molecular weight is 312 g/mol. The maximum atomic E-state index is 13.6. The van der Waals surface area contributed by atoms with Gasteiger partial charge in [0.2, 0.25) is 0 Å². The van der Waals surface area contributed by atoms with Crippen LogP contribution in [0.5, 0.6) is 0 Å². The van der Waals surface area contributed by atoms with E-state index in [2.05, 4.69) is 12.2 Å². The minimum atomic E-state index is -0.310. The van der Waals surface area contributed by atoms with Gasteiger partial charge in [-0.1, -0.05) is 50.3 Å². The van der Waals surface area contributed by atoms with E-state index in [1.165, 1.54) is 38.5 Å². The van der Waals surface area contributed by atoms with Gasteiger partial charge >= 0.3 is 0 Å². The number of benzene rings is 1. The third kappa shape index (κ3) is 4.69. The van der Waals surface area contributed by atoms with E-state index in [0.717, 1.165) is 17.9 Å². The summed E-state index contributed by atoms with van der Waals surface area (Å²) in [5.74, 6) is 1.33. The topological polar surface area (TPSA) is 12.0 Å². The van der Waals surface area contributed by atoms with Gasteiger partial charge in [-0.2, -0.15) is 0 Å². The zero-order chi connectivity index (χ0) is 15.2. The summed E-state index contributed by atoms with van der Waals surface area (Å²) in [7, 11) is 2.02. The van der Waals surface area contributed by atoms with E-state index < -0.39 is 0 Å². The van der Waals surface area contributed by atoms with Crippen LogP contribution in [0.2, 0.25) is 5.02 Å². The highest BCUT2D eigenvalue weighted by molar-refractivity contribution is 6.30. The van der Waals surface area contributed by atoms with Gasteiger partial charge in [0.25, 0.3) is 0 Å². The van der Waals surface area contributed by atoms with Crippen molar-refractivity contribution < 1.29 is 4.39 Å². The van der Waals surface area contributed by atoms with Crippen LogP contribution >= 0.6 is 11.6 Å². The Morgan fingerprint density at radius 3 is 2.57 bits per heavy atom. The van der Waals surface area contributed by atoms with Crippen molar-refractivity contribution in [2.75, 3.05) is 7.05 Å². The van der Waals surface area contributed by atoms with E-state index in [4.69, 9.17) is 11.6 Å². The van der Waals surface area contributed by atoms with Crippen LogP contribution in [0.1, 0.15) is 51.0 Å². The quantitative estimate of drug-likeness (QED) is 0.760. The number of likely N-dealkylation sites (N-methyl/N-ethyl adjacent to an activating group) is 1. The van der Waals surface area contributed by atoms with Crippen molar-refractivity contribution in [1.82, 2.24) is 5.32 Å². The average Bonchev–Trinajstić information content (AvgIpc) is 2.50. The highest BCUT2D eigenvalue weighted by Gasteiger charge is 2.26. The Labute approximate surface area is 133 Å². The summed E-state index contributed by atoms with van der Waals surface area (Å²) in [6, 6.07) is 5.62. The molecule has 0 heterocycles. The van der Waals surface area contributed by atoms with Gasteiger partial charge in [0.15, 0.2) is 0 Å². The molecular weight excluding hydrogens is 285 g/mol. The first-order chi connectivity index (χ1) is 10.1. The zero-order valence-corrected chi connectivity index (χ0v) is 13.9. The maximum Gasteiger partial charge on any atom is 0.142 e. The van der Waals surface area contributed by atoms with Gasteiger partial charge in [-0.05, 0) is 55.8 Å². The predicted octanol–water partition coefficient (Wildman–Crippen LogP) is 5.22. The minimum absolute atomic E-state index is 0.208. The van der Waals surface area contributed by atoms with E-state index in [1.807, 2.05) is 13.1 Å². The van der Waals surface area contributed by atoms with Crippen molar-refractivity contribution in [3.05, 3.63) is 34.6 Å². The fourth-order valence-corrected chi connectivity index (χ4v) is 3.83. The highest BCUT2D eigenvalue weighted by Crippen LogP contribution is 2.34. The third-order valence-electron chi connectivity index (χ3n) is 4.97. The number of halogens is 2. The van der Waals surface area contributed by atoms with Gasteiger partial charge in [0, 0.05) is 6.04 Å². The Morgan fingerprint density at radius 2 is 2.00 bits per heavy atom. The molecular formula is C18H27ClFN. The van der Waals surface area contributed by atoms with Crippen molar-refractivity contribution in [3.8, 4) is 0 Å². The standard InChI is InChI=1S/C18H27ClFN/c1-3-4-13-5-8-15(9-6-13)18(21-2)12-14-7-10-16(19)17(20)11-14/h7,10-11,13,15,18,21H,3-6,8-9,12H2,1-2H3. The summed E-state index contributed by atoms with van der Waals surface area (Å²) in [5.41, 5.74) is 1.03. The summed E-state index contributed by atoms with van der Waals surface area (Å²) in [4.78, 5) is 0. The zero-order valence-electron chi connectivity index (χ0n) is 13.2. The highest BCUT2D eigenvalue weighted by atomic mass is 35.5. The summed E-state index contributed by atoms with van der Waals surface area (Å²) >= 11 is 5.75. The van der Waals surface area contributed by atoms with Crippen molar-refractivity contribution in [2.45, 2.75) is 57.9 Å². The molecule has 1 N–H and O–H groups in total. The molecule has 118 valence electrons. The van der Waals surface area contributed by atoms with Gasteiger partial charge < -0.3 is 5.32 Å². The molecule has 0 aromatic heterocycles. The van der Waals surface area contributed by atoms with Crippen LogP contribution < -0.4 is 5.32 Å². The lowest BCUT2D eigenvalue weighted by atomic mass is 9.76. The Morgan fingerprint density at radius 1 is 1.29 bits per heavy atom. The molecule has 1 aliphatic carbocycles. The molecule has 0 radical (unpaired) electrons. The molecule has 1 nitrogen and oxygen atoms in total. The molecule has 1 fully saturated rings. The molecule has 0 amide bonds. The SMILES string of the molecule is CCCC1CCC(C(Cc2ccc(Cl)c(F)c2)NC)CC1. The molecule has 1 aromatic rings. The van der Waals surface area contributed by atoms with Gasteiger partial charge in [0.1, 0.15) is 5.82 Å². The normalized spacial score (nSPS) is 24.0. The molecule has 0 saturated heterocycles. The molecule has 3 heteroatoms. The second-order valence-corrected chi connectivity index (χ2v) is 6.82. The Balaban J connectivity index is 1.92. The lowest BCUT2D eigenvalue weighted by molar-refractivity contribution is 0.217. The summed E-state index contributed by atoms with van der Waals surface area (Å²) in [6.07, 6.45) is 8.86. The molecule has 2 rings (SSSR count). The molecule has 1 unspecified atom stereocenters. The van der Waals surface area contributed by atoms with Gasteiger partial charge in [-0.3, -0.25) is 0 Å². The first-order valence-electron chi connectivity index (χ1n) is 8.25. The number of nitrogens with one attached hydrogen (secondary N) is 1. The molecule has 1 saturated carbocycles. The van der Waals surface area contributed by atoms with Crippen LogP contribution in [0.25, 0.3) is 0 Å². The smallest absolute Gasteiger partial charge is 0.142 e. The van der Waals surface area contributed by atoms with Crippen LogP contribution in [-0.4, -0.2) is 13.1 Å². The lowest BCUT2D eigenvalue weighted by Crippen LogP contribution is -2.37. The molecule has 1 aromatic carbocycles. The van der Waals surface area contributed by atoms with E-state index in [9.17, 15) is 4.39 Å². The van der Waals surface area contributed by atoms with Crippen LogP contribution in [0.4, 0.5) is 4.39 Å². The van der Waals surface area contributed by atoms with Crippen LogP contribution in [0, 0.1) is 17.7 Å². The van der Waals surface area contributed by atoms with E-state index in [1.54, 1.807) is 12.1 Å². The molecule has 0 spiro atoms. The number of hydrogen-bond donors (Lipinski definition) is 1. The minimum Gasteiger partial charge on any atom is -0.316 e. The van der Waals surface area contributed by atoms with E-state index in [-0.39, 0.29) is 10.8 Å². The van der Waals surface area contributed by atoms with Crippen LogP contribution in [0.3, 0.4) is 0 Å². The van der Waals surface area contributed by atoms with E-state index in [0.29, 0.717) is 12.0 Å². The molecule has 0 aliphatic heterocycles. The third-order valence-corrected chi connectivity index (χ3v) is 5.27. The van der Waals surface area contributed by atoms with Crippen molar-refractivity contribution >= 4 is 11.6 Å². The number of hydrogen-bond acceptors (Lipinski definition) is 1. The molecule has 0 bridgehead atoms. The van der Waals surface area contributed by atoms with Crippen molar-refractivity contribution in [3.63, 3.8) is 0 Å². The Bertz CT molecular complexity index is 441. The number of rotatable bonds is 6. The fourth-order valence-electron chi connectivity index (χ4n) is 3.71. The first kappa shape index (κ1) is 16.8. The summed E-state index contributed by atoms with van der Waals surface area (Å²) < 4.78 is 13.6.